The first-order chi connectivity index (χ1) is 10.2. The monoisotopic (exact) mass is 286 g/mol. The van der Waals surface area contributed by atoms with Crippen molar-refractivity contribution < 1.29 is 13.5 Å². The van der Waals surface area contributed by atoms with E-state index in [0.717, 1.165) is 11.3 Å². The van der Waals surface area contributed by atoms with E-state index < -0.39 is 11.6 Å². The Kier molecular flexibility index (Phi) is 4.94. The smallest absolute Gasteiger partial charge is 0.174 e. The molecule has 0 aliphatic rings. The molecule has 0 N–H and O–H groups in total. The molecule has 0 radical (unpaired) electrons. The van der Waals surface area contributed by atoms with Gasteiger partial charge in [0, 0.05) is 5.56 Å². The topological polar surface area (TPSA) is 9.23 Å². The standard InChI is InChI=1S/C18H16F2O/c1-3-14-9-10-15(18(20)17(14)19)8-5-13-6-11-16(12-7-13)21-4-2/h6-7,9-12H,3-4H2,1-2H3. The van der Waals surface area contributed by atoms with Gasteiger partial charge in [0.05, 0.1) is 12.2 Å². The number of aryl methyl sites for hydroxylation is 1. The summed E-state index contributed by atoms with van der Waals surface area (Å²) in [5.74, 6) is 4.56. The van der Waals surface area contributed by atoms with Crippen molar-refractivity contribution in [3.8, 4) is 17.6 Å². The van der Waals surface area contributed by atoms with E-state index in [4.69, 9.17) is 4.74 Å². The lowest BCUT2D eigenvalue weighted by molar-refractivity contribution is 0.340. The van der Waals surface area contributed by atoms with Crippen LogP contribution in [-0.2, 0) is 6.42 Å². The SMILES string of the molecule is CCOc1ccc(C#Cc2ccc(CC)c(F)c2F)cc1. The van der Waals surface area contributed by atoms with Crippen LogP contribution in [0, 0.1) is 23.5 Å². The Hall–Kier alpha value is -2.34. The first-order valence-corrected chi connectivity index (χ1v) is 6.87. The summed E-state index contributed by atoms with van der Waals surface area (Å²) in [6.45, 7) is 4.29. The molecular formula is C18H16F2O. The fraction of sp³-hybridized carbons (Fsp3) is 0.222. The van der Waals surface area contributed by atoms with E-state index in [2.05, 4.69) is 11.8 Å². The van der Waals surface area contributed by atoms with E-state index in [1.54, 1.807) is 37.3 Å². The molecule has 0 saturated heterocycles. The third-order valence-corrected chi connectivity index (χ3v) is 3.05. The predicted molar refractivity (Wildman–Crippen MR) is 79.3 cm³/mol. The fourth-order valence-electron chi connectivity index (χ4n) is 1.90. The number of hydrogen-bond acceptors (Lipinski definition) is 1. The zero-order chi connectivity index (χ0) is 15.2. The lowest BCUT2D eigenvalue weighted by Gasteiger charge is -2.02. The molecule has 21 heavy (non-hydrogen) atoms. The van der Waals surface area contributed by atoms with Crippen LogP contribution >= 0.6 is 0 Å². The summed E-state index contributed by atoms with van der Waals surface area (Å²) in [6.07, 6.45) is 0.454. The molecular weight excluding hydrogens is 270 g/mol. The van der Waals surface area contributed by atoms with Crippen molar-refractivity contribution in [2.24, 2.45) is 0 Å². The maximum absolute atomic E-state index is 13.8. The molecule has 0 fully saturated rings. The summed E-state index contributed by atoms with van der Waals surface area (Å²) < 4.78 is 32.8. The van der Waals surface area contributed by atoms with Crippen LogP contribution in [0.25, 0.3) is 0 Å². The van der Waals surface area contributed by atoms with Crippen molar-refractivity contribution in [1.29, 1.82) is 0 Å². The Labute approximate surface area is 123 Å². The molecule has 2 rings (SSSR count). The second-order valence-corrected chi connectivity index (χ2v) is 4.46. The van der Waals surface area contributed by atoms with Gasteiger partial charge in [-0.15, -0.1) is 0 Å². The molecule has 0 spiro atoms. The molecule has 3 heteroatoms. The van der Waals surface area contributed by atoms with Crippen LogP contribution in [0.1, 0.15) is 30.5 Å². The highest BCUT2D eigenvalue weighted by Gasteiger charge is 2.10. The predicted octanol–water partition coefficient (Wildman–Crippen LogP) is 4.33. The number of rotatable bonds is 3. The number of benzene rings is 2. The first kappa shape index (κ1) is 15.1. The minimum atomic E-state index is -0.882. The largest absolute Gasteiger partial charge is 0.494 e. The van der Waals surface area contributed by atoms with Gasteiger partial charge in [0.1, 0.15) is 5.75 Å². The summed E-state index contributed by atoms with van der Waals surface area (Å²) in [7, 11) is 0. The average Bonchev–Trinajstić information content (AvgIpc) is 2.50. The minimum Gasteiger partial charge on any atom is -0.494 e. The molecule has 0 bridgehead atoms. The number of halogens is 2. The van der Waals surface area contributed by atoms with E-state index in [0.29, 0.717) is 18.6 Å². The molecule has 0 unspecified atom stereocenters. The summed E-state index contributed by atoms with van der Waals surface area (Å²) in [6, 6.07) is 10.2. The molecule has 0 heterocycles. The third-order valence-electron chi connectivity index (χ3n) is 3.05. The second kappa shape index (κ2) is 6.90. The van der Waals surface area contributed by atoms with Crippen LogP contribution in [0.4, 0.5) is 8.78 Å². The molecule has 0 aromatic heterocycles. The Bertz CT molecular complexity index is 679. The van der Waals surface area contributed by atoms with Gasteiger partial charge in [-0.05, 0) is 49.2 Å². The van der Waals surface area contributed by atoms with Crippen LogP contribution < -0.4 is 4.74 Å². The van der Waals surface area contributed by atoms with Gasteiger partial charge in [-0.3, -0.25) is 0 Å². The van der Waals surface area contributed by atoms with Gasteiger partial charge < -0.3 is 4.74 Å². The summed E-state index contributed by atoms with van der Waals surface area (Å²) in [5, 5.41) is 0. The van der Waals surface area contributed by atoms with E-state index >= 15 is 0 Å². The highest BCUT2D eigenvalue weighted by Crippen LogP contribution is 2.16. The van der Waals surface area contributed by atoms with E-state index in [-0.39, 0.29) is 5.56 Å². The van der Waals surface area contributed by atoms with E-state index in [1.165, 1.54) is 6.07 Å². The maximum Gasteiger partial charge on any atom is 0.174 e. The molecule has 0 aliphatic heterocycles. The lowest BCUT2D eigenvalue weighted by atomic mass is 10.1. The lowest BCUT2D eigenvalue weighted by Crippen LogP contribution is -1.96. The average molecular weight is 286 g/mol. The van der Waals surface area contributed by atoms with Crippen molar-refractivity contribution >= 4 is 0 Å². The molecule has 0 amide bonds. The minimum absolute atomic E-state index is 0.0681. The van der Waals surface area contributed by atoms with Gasteiger partial charge in [-0.1, -0.05) is 24.8 Å². The summed E-state index contributed by atoms with van der Waals surface area (Å²) in [5.41, 5.74) is 1.15. The second-order valence-electron chi connectivity index (χ2n) is 4.46. The van der Waals surface area contributed by atoms with Crippen molar-refractivity contribution in [2.45, 2.75) is 20.3 Å². The van der Waals surface area contributed by atoms with Crippen LogP contribution in [0.15, 0.2) is 36.4 Å². The molecule has 0 saturated carbocycles. The van der Waals surface area contributed by atoms with Crippen LogP contribution in [0.3, 0.4) is 0 Å². The maximum atomic E-state index is 13.8. The Morgan fingerprint density at radius 3 is 2.24 bits per heavy atom. The molecule has 1 nitrogen and oxygen atoms in total. The quantitative estimate of drug-likeness (QED) is 0.763. The zero-order valence-electron chi connectivity index (χ0n) is 12.0. The summed E-state index contributed by atoms with van der Waals surface area (Å²) >= 11 is 0. The van der Waals surface area contributed by atoms with Crippen molar-refractivity contribution in [3.05, 3.63) is 64.7 Å². The Morgan fingerprint density at radius 1 is 0.905 bits per heavy atom. The van der Waals surface area contributed by atoms with Crippen LogP contribution in [0.5, 0.6) is 5.75 Å². The highest BCUT2D eigenvalue weighted by atomic mass is 19.2. The first-order valence-electron chi connectivity index (χ1n) is 6.87. The van der Waals surface area contributed by atoms with Gasteiger partial charge in [-0.2, -0.15) is 0 Å². The van der Waals surface area contributed by atoms with E-state index in [9.17, 15) is 8.78 Å². The van der Waals surface area contributed by atoms with Crippen molar-refractivity contribution in [2.75, 3.05) is 6.61 Å². The molecule has 2 aromatic carbocycles. The van der Waals surface area contributed by atoms with Crippen LogP contribution in [-0.4, -0.2) is 6.61 Å². The van der Waals surface area contributed by atoms with Crippen molar-refractivity contribution in [3.63, 3.8) is 0 Å². The molecule has 2 aromatic rings. The van der Waals surface area contributed by atoms with Gasteiger partial charge in [0.2, 0.25) is 0 Å². The number of hydrogen-bond donors (Lipinski definition) is 0. The third kappa shape index (κ3) is 3.61. The van der Waals surface area contributed by atoms with Gasteiger partial charge >= 0.3 is 0 Å². The Balaban J connectivity index is 2.24. The fourth-order valence-corrected chi connectivity index (χ4v) is 1.90. The normalized spacial score (nSPS) is 9.90. The molecule has 108 valence electrons. The molecule has 0 aliphatic carbocycles. The number of ether oxygens (including phenoxy) is 1. The van der Waals surface area contributed by atoms with Crippen molar-refractivity contribution in [1.82, 2.24) is 0 Å². The van der Waals surface area contributed by atoms with Gasteiger partial charge in [0.15, 0.2) is 11.6 Å². The van der Waals surface area contributed by atoms with E-state index in [1.807, 2.05) is 6.92 Å². The molecule has 0 atom stereocenters. The van der Waals surface area contributed by atoms with Crippen LogP contribution in [0.2, 0.25) is 0 Å². The Morgan fingerprint density at radius 2 is 1.62 bits per heavy atom. The zero-order valence-corrected chi connectivity index (χ0v) is 12.0. The highest BCUT2D eigenvalue weighted by molar-refractivity contribution is 5.45. The van der Waals surface area contributed by atoms with Gasteiger partial charge in [-0.25, -0.2) is 8.78 Å². The summed E-state index contributed by atoms with van der Waals surface area (Å²) in [4.78, 5) is 0. The van der Waals surface area contributed by atoms with Gasteiger partial charge in [0.25, 0.3) is 0 Å².